The van der Waals surface area contributed by atoms with Crippen LogP contribution in [0.5, 0.6) is 0 Å². The van der Waals surface area contributed by atoms with E-state index in [1.165, 1.54) is 0 Å². The van der Waals surface area contributed by atoms with Crippen molar-refractivity contribution in [1.82, 2.24) is 29.7 Å². The number of likely N-dealkylation sites (tertiary alicyclic amines) is 2. The molecule has 2 saturated heterocycles. The van der Waals surface area contributed by atoms with E-state index in [-0.39, 0.29) is 23.9 Å². The summed E-state index contributed by atoms with van der Waals surface area (Å²) in [6.07, 6.45) is 8.14. The van der Waals surface area contributed by atoms with Gasteiger partial charge in [0, 0.05) is 24.9 Å². The first-order valence-electron chi connectivity index (χ1n) is 17.6. The van der Waals surface area contributed by atoms with Crippen LogP contribution in [0, 0.1) is 29.6 Å². The van der Waals surface area contributed by atoms with Gasteiger partial charge >= 0.3 is 0 Å². The van der Waals surface area contributed by atoms with E-state index in [2.05, 4.69) is 103 Å². The molecule has 244 valence electrons. The summed E-state index contributed by atoms with van der Waals surface area (Å²) in [4.78, 5) is 47.1. The van der Waals surface area contributed by atoms with Crippen LogP contribution in [0.15, 0.2) is 60.9 Å². The topological polar surface area (TPSA) is 98.0 Å². The minimum Gasteiger partial charge on any atom is -0.340 e. The van der Waals surface area contributed by atoms with Crippen LogP contribution in [0.25, 0.3) is 33.6 Å². The SMILES string of the molecule is CC(C)CC(=O)N1[C@@H]2[C@H](C)[C@@H]2C[C@H]1c1ncc(-c2ccc(-c3ccc(-c4cnc([C@@H]5C[C@H]6C[C@H]6N5C(=O)CC(C)C)[nH]4)cc3)cc2)[nH]1. The maximum atomic E-state index is 13.2. The minimum atomic E-state index is 0.0417. The Labute approximate surface area is 277 Å². The molecular weight excluding hydrogens is 584 g/mol. The van der Waals surface area contributed by atoms with Crippen LogP contribution in [0.1, 0.15) is 90.5 Å². The van der Waals surface area contributed by atoms with Crippen molar-refractivity contribution in [3.05, 3.63) is 72.6 Å². The number of benzene rings is 2. The summed E-state index contributed by atoms with van der Waals surface area (Å²) in [7, 11) is 0. The number of nitrogens with zero attached hydrogens (tertiary/aromatic N) is 4. The third kappa shape index (κ3) is 5.49. The number of carbonyl (C=O) groups is 2. The van der Waals surface area contributed by atoms with Gasteiger partial charge in [-0.1, -0.05) is 83.1 Å². The first kappa shape index (κ1) is 30.2. The van der Waals surface area contributed by atoms with E-state index < -0.39 is 0 Å². The van der Waals surface area contributed by atoms with Gasteiger partial charge in [-0.3, -0.25) is 9.59 Å². The second-order valence-corrected chi connectivity index (χ2v) is 15.4. The van der Waals surface area contributed by atoms with Crippen molar-refractivity contribution in [2.45, 2.75) is 90.9 Å². The third-order valence-electron chi connectivity index (χ3n) is 11.1. The average molecular weight is 631 g/mol. The first-order chi connectivity index (χ1) is 22.7. The normalized spacial score (nSPS) is 27.4. The molecule has 4 aromatic rings. The molecule has 2 aliphatic carbocycles. The molecule has 8 rings (SSSR count). The van der Waals surface area contributed by atoms with E-state index in [1.54, 1.807) is 0 Å². The summed E-state index contributed by atoms with van der Waals surface area (Å²) in [6.45, 7) is 10.7. The molecule has 2 aliphatic heterocycles. The van der Waals surface area contributed by atoms with E-state index in [9.17, 15) is 9.59 Å². The Bertz CT molecular complexity index is 1790. The third-order valence-corrected chi connectivity index (χ3v) is 11.1. The van der Waals surface area contributed by atoms with Gasteiger partial charge in [-0.05, 0) is 71.1 Å². The number of hydrogen-bond acceptors (Lipinski definition) is 4. The van der Waals surface area contributed by atoms with E-state index in [1.807, 2.05) is 12.4 Å². The lowest BCUT2D eigenvalue weighted by molar-refractivity contribution is -0.135. The lowest BCUT2D eigenvalue weighted by Crippen LogP contribution is -2.35. The summed E-state index contributed by atoms with van der Waals surface area (Å²) in [5.74, 6) is 4.85. The fraction of sp³-hybridized carbons (Fsp3) is 0.487. The molecule has 4 fully saturated rings. The second-order valence-electron chi connectivity index (χ2n) is 15.4. The first-order valence-corrected chi connectivity index (χ1v) is 17.6. The number of hydrogen-bond donors (Lipinski definition) is 2. The van der Waals surface area contributed by atoms with Gasteiger partial charge in [0.25, 0.3) is 0 Å². The largest absolute Gasteiger partial charge is 0.340 e. The van der Waals surface area contributed by atoms with Crippen LogP contribution >= 0.6 is 0 Å². The molecule has 0 bridgehead atoms. The molecule has 8 nitrogen and oxygen atoms in total. The number of aromatic nitrogens is 4. The van der Waals surface area contributed by atoms with Gasteiger partial charge < -0.3 is 19.8 Å². The number of aromatic amines is 2. The van der Waals surface area contributed by atoms with E-state index in [4.69, 9.17) is 9.97 Å². The fourth-order valence-electron chi connectivity index (χ4n) is 8.46. The van der Waals surface area contributed by atoms with Crippen LogP contribution in [0.2, 0.25) is 0 Å². The van der Waals surface area contributed by atoms with Crippen LogP contribution in [-0.2, 0) is 9.59 Å². The predicted octanol–water partition coefficient (Wildman–Crippen LogP) is 7.80. The summed E-state index contributed by atoms with van der Waals surface area (Å²) in [5.41, 5.74) is 6.40. The molecule has 47 heavy (non-hydrogen) atoms. The number of amides is 2. The zero-order chi connectivity index (χ0) is 32.6. The number of carbonyl (C=O) groups excluding carboxylic acids is 2. The molecule has 2 N–H and O–H groups in total. The van der Waals surface area contributed by atoms with E-state index in [0.717, 1.165) is 64.6 Å². The number of H-pyrrole nitrogens is 2. The molecule has 0 radical (unpaired) electrons. The van der Waals surface area contributed by atoms with Crippen molar-refractivity contribution in [2.75, 3.05) is 0 Å². The number of nitrogens with one attached hydrogen (secondary N) is 2. The number of imidazole rings is 2. The van der Waals surface area contributed by atoms with Crippen LogP contribution in [0.4, 0.5) is 0 Å². The summed E-state index contributed by atoms with van der Waals surface area (Å²) in [5, 5.41) is 0. The van der Waals surface area contributed by atoms with Crippen molar-refractivity contribution in [3.8, 4) is 33.6 Å². The Morgan fingerprint density at radius 3 is 1.68 bits per heavy atom. The fourth-order valence-corrected chi connectivity index (χ4v) is 8.46. The van der Waals surface area contributed by atoms with Crippen LogP contribution in [-0.4, -0.2) is 53.6 Å². The number of fused-ring (bicyclic) bond motifs is 2. The lowest BCUT2D eigenvalue weighted by atomic mass is 10.0. The lowest BCUT2D eigenvalue weighted by Gasteiger charge is -2.28. The Morgan fingerprint density at radius 2 is 1.17 bits per heavy atom. The molecule has 2 saturated carbocycles. The predicted molar refractivity (Wildman–Crippen MR) is 183 cm³/mol. The zero-order valence-corrected chi connectivity index (χ0v) is 28.1. The van der Waals surface area contributed by atoms with Gasteiger partial charge in [-0.15, -0.1) is 0 Å². The Balaban J connectivity index is 0.941. The maximum absolute atomic E-state index is 13.2. The molecule has 4 aliphatic rings. The van der Waals surface area contributed by atoms with Crippen molar-refractivity contribution in [1.29, 1.82) is 0 Å². The summed E-state index contributed by atoms with van der Waals surface area (Å²) in [6, 6.07) is 18.0. The van der Waals surface area contributed by atoms with Crippen molar-refractivity contribution < 1.29 is 9.59 Å². The minimum absolute atomic E-state index is 0.0417. The van der Waals surface area contributed by atoms with Crippen molar-refractivity contribution >= 4 is 11.8 Å². The van der Waals surface area contributed by atoms with E-state index >= 15 is 0 Å². The smallest absolute Gasteiger partial charge is 0.223 e. The van der Waals surface area contributed by atoms with Gasteiger partial charge in [0.05, 0.1) is 35.9 Å². The zero-order valence-electron chi connectivity index (χ0n) is 28.1. The van der Waals surface area contributed by atoms with E-state index in [0.29, 0.717) is 54.5 Å². The highest BCUT2D eigenvalue weighted by atomic mass is 16.2. The highest BCUT2D eigenvalue weighted by Gasteiger charge is 2.60. The van der Waals surface area contributed by atoms with Crippen molar-refractivity contribution in [2.24, 2.45) is 29.6 Å². The molecular formula is C39H46N6O2. The van der Waals surface area contributed by atoms with Gasteiger partial charge in [0.1, 0.15) is 11.6 Å². The quantitative estimate of drug-likeness (QED) is 0.197. The van der Waals surface area contributed by atoms with Gasteiger partial charge in [0.15, 0.2) is 0 Å². The maximum Gasteiger partial charge on any atom is 0.223 e. The Kier molecular flexibility index (Phi) is 7.38. The monoisotopic (exact) mass is 630 g/mol. The van der Waals surface area contributed by atoms with Crippen LogP contribution < -0.4 is 0 Å². The van der Waals surface area contributed by atoms with Gasteiger partial charge in [-0.25, -0.2) is 9.97 Å². The van der Waals surface area contributed by atoms with Gasteiger partial charge in [0.2, 0.25) is 11.8 Å². The van der Waals surface area contributed by atoms with Crippen molar-refractivity contribution in [3.63, 3.8) is 0 Å². The molecule has 2 amide bonds. The molecule has 2 aromatic heterocycles. The van der Waals surface area contributed by atoms with Crippen LogP contribution in [0.3, 0.4) is 0 Å². The second kappa shape index (κ2) is 11.5. The molecule has 8 heteroatoms. The average Bonchev–Trinajstić information content (AvgIpc) is 3.56. The Morgan fingerprint density at radius 1 is 0.702 bits per heavy atom. The highest BCUT2D eigenvalue weighted by Crippen LogP contribution is 2.57. The number of rotatable bonds is 9. The molecule has 4 heterocycles. The summed E-state index contributed by atoms with van der Waals surface area (Å²) >= 11 is 0. The molecule has 0 unspecified atom stereocenters. The standard InChI is InChI=1S/C39H46N6O2/c1-21(2)14-35(46)44-32-16-28(32)17-33(44)38-40-19-30(42-38)26-10-6-24(7-11-26)25-8-12-27(13-9-25)31-20-41-39(43-31)34-18-29-23(5)37(29)45(34)36(47)15-22(3)4/h6-13,19-23,28-29,32-34,37H,14-18H2,1-5H3,(H,40,42)(H,41,43)/t23-,28-,29+,32-,33+,34+,37-/m1/s1. The highest BCUT2D eigenvalue weighted by molar-refractivity contribution is 5.79. The van der Waals surface area contributed by atoms with Gasteiger partial charge in [-0.2, -0.15) is 0 Å². The number of piperidine rings is 2. The molecule has 0 spiro atoms. The summed E-state index contributed by atoms with van der Waals surface area (Å²) < 4.78 is 0. The Hall–Kier alpha value is -4.20. The molecule has 2 aromatic carbocycles. The molecule has 7 atom stereocenters.